The van der Waals surface area contributed by atoms with Gasteiger partial charge in [-0.05, 0) is 42.3 Å². The van der Waals surface area contributed by atoms with Crippen LogP contribution >= 0.6 is 0 Å². The summed E-state index contributed by atoms with van der Waals surface area (Å²) in [5, 5.41) is 0. The van der Waals surface area contributed by atoms with E-state index in [1.54, 1.807) is 36.4 Å². The van der Waals surface area contributed by atoms with Gasteiger partial charge in [-0.15, -0.1) is 0 Å². The topological polar surface area (TPSA) is 61.8 Å². The Hall–Kier alpha value is -3.15. The van der Waals surface area contributed by atoms with Crippen LogP contribution in [0.5, 0.6) is 11.5 Å². The molecule has 0 saturated heterocycles. The Balaban J connectivity index is 1.93. The van der Waals surface area contributed by atoms with Crippen LogP contribution in [0.3, 0.4) is 0 Å². The molecule has 0 saturated carbocycles. The molecule has 0 aliphatic carbocycles. The standard InChI is InChI=1S/C20H19FO5/c1-13(2)20(23)25-11-10-19(22)26-16-7-4-14(5-8-16)15-6-9-18(24-3)17(21)12-15/h4-9,12H,1,10-11H2,2-3H3. The molecule has 2 aromatic rings. The Bertz CT molecular complexity index is 811. The Morgan fingerprint density at radius 2 is 1.73 bits per heavy atom. The normalized spacial score (nSPS) is 10.1. The highest BCUT2D eigenvalue weighted by Crippen LogP contribution is 2.27. The number of carbonyl (C=O) groups excluding carboxylic acids is 2. The minimum absolute atomic E-state index is 0.0650. The van der Waals surface area contributed by atoms with E-state index in [1.807, 2.05) is 0 Å². The smallest absolute Gasteiger partial charge is 0.333 e. The molecule has 0 fully saturated rings. The van der Waals surface area contributed by atoms with E-state index in [9.17, 15) is 14.0 Å². The van der Waals surface area contributed by atoms with Crippen LogP contribution in [-0.2, 0) is 14.3 Å². The van der Waals surface area contributed by atoms with Crippen molar-refractivity contribution in [3.63, 3.8) is 0 Å². The summed E-state index contributed by atoms with van der Waals surface area (Å²) in [6, 6.07) is 11.3. The molecule has 2 rings (SSSR count). The molecule has 0 spiro atoms. The highest BCUT2D eigenvalue weighted by atomic mass is 19.1. The van der Waals surface area contributed by atoms with E-state index >= 15 is 0 Å². The number of hydrogen-bond donors (Lipinski definition) is 0. The molecule has 0 radical (unpaired) electrons. The summed E-state index contributed by atoms with van der Waals surface area (Å²) in [5.41, 5.74) is 1.71. The molecule has 0 aromatic heterocycles. The van der Waals surface area contributed by atoms with Crippen molar-refractivity contribution in [3.05, 3.63) is 60.4 Å². The first-order valence-corrected chi connectivity index (χ1v) is 7.88. The first-order valence-electron chi connectivity index (χ1n) is 7.88. The first-order chi connectivity index (χ1) is 12.4. The second-order valence-electron chi connectivity index (χ2n) is 5.51. The number of halogens is 1. The number of benzene rings is 2. The van der Waals surface area contributed by atoms with E-state index in [1.165, 1.54) is 20.1 Å². The zero-order valence-electron chi connectivity index (χ0n) is 14.6. The fourth-order valence-electron chi connectivity index (χ4n) is 2.09. The van der Waals surface area contributed by atoms with Gasteiger partial charge >= 0.3 is 11.9 Å². The predicted molar refractivity (Wildman–Crippen MR) is 94.4 cm³/mol. The third-order valence-corrected chi connectivity index (χ3v) is 3.46. The minimum atomic E-state index is -0.547. The van der Waals surface area contributed by atoms with Gasteiger partial charge in [0.1, 0.15) is 12.4 Å². The SMILES string of the molecule is C=C(C)C(=O)OCCC(=O)Oc1ccc(-c2ccc(OC)c(F)c2)cc1. The summed E-state index contributed by atoms with van der Waals surface area (Å²) >= 11 is 0. The van der Waals surface area contributed by atoms with Gasteiger partial charge in [0.25, 0.3) is 0 Å². The van der Waals surface area contributed by atoms with Crippen molar-refractivity contribution in [1.82, 2.24) is 0 Å². The van der Waals surface area contributed by atoms with Gasteiger partial charge in [0, 0.05) is 5.57 Å². The fraction of sp³-hybridized carbons (Fsp3) is 0.200. The second-order valence-corrected chi connectivity index (χ2v) is 5.51. The maximum Gasteiger partial charge on any atom is 0.333 e. The molecule has 6 heteroatoms. The van der Waals surface area contributed by atoms with Crippen LogP contribution in [0.15, 0.2) is 54.6 Å². The molecular formula is C20H19FO5. The highest BCUT2D eigenvalue weighted by molar-refractivity contribution is 5.87. The van der Waals surface area contributed by atoms with E-state index in [4.69, 9.17) is 14.2 Å². The number of esters is 2. The molecule has 2 aromatic carbocycles. The summed E-state index contributed by atoms with van der Waals surface area (Å²) < 4.78 is 28.7. The highest BCUT2D eigenvalue weighted by Gasteiger charge is 2.09. The van der Waals surface area contributed by atoms with Crippen molar-refractivity contribution >= 4 is 11.9 Å². The molecule has 136 valence electrons. The first kappa shape index (κ1) is 19.2. The maximum absolute atomic E-state index is 13.8. The van der Waals surface area contributed by atoms with Crippen LogP contribution in [0.25, 0.3) is 11.1 Å². The summed E-state index contributed by atoms with van der Waals surface area (Å²) in [6.45, 7) is 4.90. The van der Waals surface area contributed by atoms with Gasteiger partial charge in [-0.3, -0.25) is 4.79 Å². The Labute approximate surface area is 151 Å². The van der Waals surface area contributed by atoms with E-state index in [0.29, 0.717) is 11.3 Å². The van der Waals surface area contributed by atoms with Crippen LogP contribution in [-0.4, -0.2) is 25.7 Å². The van der Waals surface area contributed by atoms with E-state index < -0.39 is 17.8 Å². The van der Waals surface area contributed by atoms with Crippen molar-refractivity contribution in [3.8, 4) is 22.6 Å². The van der Waals surface area contributed by atoms with Crippen LogP contribution in [0.2, 0.25) is 0 Å². The molecule has 26 heavy (non-hydrogen) atoms. The summed E-state index contributed by atoms with van der Waals surface area (Å²) in [6.07, 6.45) is -0.0650. The van der Waals surface area contributed by atoms with Gasteiger partial charge in [-0.2, -0.15) is 0 Å². The van der Waals surface area contributed by atoms with Gasteiger partial charge in [0.05, 0.1) is 13.5 Å². The van der Waals surface area contributed by atoms with Crippen molar-refractivity contribution in [1.29, 1.82) is 0 Å². The Morgan fingerprint density at radius 1 is 1.08 bits per heavy atom. The van der Waals surface area contributed by atoms with Gasteiger partial charge in [-0.1, -0.05) is 24.8 Å². The van der Waals surface area contributed by atoms with Crippen molar-refractivity contribution < 1.29 is 28.2 Å². The number of methoxy groups -OCH3 is 1. The summed E-state index contributed by atoms with van der Waals surface area (Å²) in [5.74, 6) is -1.01. The molecule has 0 heterocycles. The molecule has 0 aliphatic rings. The third kappa shape index (κ3) is 5.17. The van der Waals surface area contributed by atoms with Gasteiger partial charge in [0.2, 0.25) is 0 Å². The summed E-state index contributed by atoms with van der Waals surface area (Å²) in [7, 11) is 1.40. The number of carbonyl (C=O) groups is 2. The number of hydrogen-bond acceptors (Lipinski definition) is 5. The second kappa shape index (κ2) is 8.80. The molecule has 0 amide bonds. The summed E-state index contributed by atoms with van der Waals surface area (Å²) in [4.78, 5) is 22.9. The lowest BCUT2D eigenvalue weighted by atomic mass is 10.1. The van der Waals surface area contributed by atoms with Crippen molar-refractivity contribution in [2.24, 2.45) is 0 Å². The molecular weight excluding hydrogens is 339 g/mol. The lowest BCUT2D eigenvalue weighted by molar-refractivity contribution is -0.142. The van der Waals surface area contributed by atoms with Gasteiger partial charge in [-0.25, -0.2) is 9.18 Å². The number of ether oxygens (including phenoxy) is 3. The van der Waals surface area contributed by atoms with Crippen LogP contribution in [0, 0.1) is 5.82 Å². The molecule has 0 atom stereocenters. The lowest BCUT2D eigenvalue weighted by Crippen LogP contribution is -2.14. The molecule has 5 nitrogen and oxygen atoms in total. The third-order valence-electron chi connectivity index (χ3n) is 3.46. The quantitative estimate of drug-likeness (QED) is 0.426. The van der Waals surface area contributed by atoms with Gasteiger partial charge in [0.15, 0.2) is 11.6 Å². The minimum Gasteiger partial charge on any atom is -0.494 e. The molecule has 0 aliphatic heterocycles. The van der Waals surface area contributed by atoms with Crippen molar-refractivity contribution in [2.75, 3.05) is 13.7 Å². The average molecular weight is 358 g/mol. The van der Waals surface area contributed by atoms with Crippen LogP contribution in [0.4, 0.5) is 4.39 Å². The average Bonchev–Trinajstić information content (AvgIpc) is 2.62. The monoisotopic (exact) mass is 358 g/mol. The molecule has 0 bridgehead atoms. The van der Waals surface area contributed by atoms with E-state index in [-0.39, 0.29) is 24.4 Å². The van der Waals surface area contributed by atoms with Crippen LogP contribution in [0.1, 0.15) is 13.3 Å². The van der Waals surface area contributed by atoms with Gasteiger partial charge < -0.3 is 14.2 Å². The lowest BCUT2D eigenvalue weighted by Gasteiger charge is -2.08. The zero-order chi connectivity index (χ0) is 19.1. The molecule has 0 N–H and O–H groups in total. The Morgan fingerprint density at radius 3 is 2.31 bits per heavy atom. The Kier molecular flexibility index (Phi) is 6.49. The predicted octanol–water partition coefficient (Wildman–Crippen LogP) is 3.92. The largest absolute Gasteiger partial charge is 0.494 e. The van der Waals surface area contributed by atoms with Crippen molar-refractivity contribution in [2.45, 2.75) is 13.3 Å². The maximum atomic E-state index is 13.8. The molecule has 0 unspecified atom stereocenters. The van der Waals surface area contributed by atoms with E-state index in [2.05, 4.69) is 6.58 Å². The fourth-order valence-corrected chi connectivity index (χ4v) is 2.09. The zero-order valence-corrected chi connectivity index (χ0v) is 14.6. The number of rotatable bonds is 7. The van der Waals surface area contributed by atoms with E-state index in [0.717, 1.165) is 5.56 Å². The van der Waals surface area contributed by atoms with Crippen LogP contribution < -0.4 is 9.47 Å².